The number of nitrogens with zero attached hydrogens (tertiary/aromatic N) is 2. The highest BCUT2D eigenvalue weighted by molar-refractivity contribution is 5.75. The second-order valence-corrected chi connectivity index (χ2v) is 5.70. The lowest BCUT2D eigenvalue weighted by molar-refractivity contribution is -0.121. The number of hydrogen-bond acceptors (Lipinski definition) is 4. The molecule has 132 valence electrons. The van der Waals surface area contributed by atoms with Gasteiger partial charge in [0.15, 0.2) is 0 Å². The molecule has 1 amide bonds. The second kappa shape index (κ2) is 8.11. The molecule has 6 nitrogen and oxygen atoms in total. The summed E-state index contributed by atoms with van der Waals surface area (Å²) in [5, 5.41) is 2.79. The average molecular weight is 349 g/mol. The highest BCUT2D eigenvalue weighted by Gasteiger charge is 2.10. The van der Waals surface area contributed by atoms with Crippen LogP contribution in [0.25, 0.3) is 11.3 Å². The molecule has 0 atom stereocenters. The Morgan fingerprint density at radius 2 is 1.85 bits per heavy atom. The Labute approximate surface area is 151 Å². The van der Waals surface area contributed by atoms with Crippen LogP contribution in [0.2, 0.25) is 0 Å². The van der Waals surface area contributed by atoms with Crippen molar-refractivity contribution < 1.29 is 9.53 Å². The molecule has 0 spiro atoms. The van der Waals surface area contributed by atoms with E-state index in [4.69, 9.17) is 4.74 Å². The van der Waals surface area contributed by atoms with Crippen molar-refractivity contribution in [3.8, 4) is 17.0 Å². The van der Waals surface area contributed by atoms with E-state index in [-0.39, 0.29) is 18.0 Å². The maximum Gasteiger partial charge on any atom is 0.254 e. The standard InChI is InChI=1S/C20H19N3O3/c1-26-18-10-6-5-9-16(18)17-11-20(25)23(14-22-17)13-19(24)21-12-15-7-3-2-4-8-15/h2-11,14H,12-13H2,1H3,(H,21,24). The zero-order valence-electron chi connectivity index (χ0n) is 14.4. The summed E-state index contributed by atoms with van der Waals surface area (Å²) in [6.07, 6.45) is 1.38. The van der Waals surface area contributed by atoms with Crippen molar-refractivity contribution in [3.63, 3.8) is 0 Å². The van der Waals surface area contributed by atoms with Gasteiger partial charge in [-0.05, 0) is 17.7 Å². The zero-order valence-corrected chi connectivity index (χ0v) is 14.4. The molecule has 2 aromatic carbocycles. The summed E-state index contributed by atoms with van der Waals surface area (Å²) in [5.74, 6) is 0.389. The van der Waals surface area contributed by atoms with Gasteiger partial charge < -0.3 is 10.1 Å². The number of carbonyl (C=O) groups excluding carboxylic acids is 1. The van der Waals surface area contributed by atoms with E-state index in [1.165, 1.54) is 17.0 Å². The van der Waals surface area contributed by atoms with Crippen molar-refractivity contribution in [2.75, 3.05) is 7.11 Å². The van der Waals surface area contributed by atoms with Crippen LogP contribution in [0.15, 0.2) is 71.8 Å². The minimum atomic E-state index is -0.296. The summed E-state index contributed by atoms with van der Waals surface area (Å²) in [6.45, 7) is 0.339. The van der Waals surface area contributed by atoms with Crippen LogP contribution >= 0.6 is 0 Å². The third-order valence-corrected chi connectivity index (χ3v) is 3.91. The molecule has 3 rings (SSSR count). The smallest absolute Gasteiger partial charge is 0.254 e. The van der Waals surface area contributed by atoms with E-state index >= 15 is 0 Å². The van der Waals surface area contributed by atoms with E-state index in [1.54, 1.807) is 13.2 Å². The van der Waals surface area contributed by atoms with Crippen molar-refractivity contribution in [3.05, 3.63) is 82.9 Å². The summed E-state index contributed by atoms with van der Waals surface area (Å²) in [7, 11) is 1.57. The maximum atomic E-state index is 12.3. The quantitative estimate of drug-likeness (QED) is 0.741. The number of methoxy groups -OCH3 is 1. The van der Waals surface area contributed by atoms with Crippen LogP contribution in [0.4, 0.5) is 0 Å². The molecule has 0 aliphatic rings. The molecule has 0 fully saturated rings. The van der Waals surface area contributed by atoms with Crippen molar-refractivity contribution >= 4 is 5.91 Å². The lowest BCUT2D eigenvalue weighted by Gasteiger charge is -2.10. The van der Waals surface area contributed by atoms with Crippen LogP contribution < -0.4 is 15.6 Å². The van der Waals surface area contributed by atoms with Crippen molar-refractivity contribution in [2.24, 2.45) is 0 Å². The molecule has 1 N–H and O–H groups in total. The number of amides is 1. The minimum Gasteiger partial charge on any atom is -0.496 e. The molecule has 1 aromatic heterocycles. The third-order valence-electron chi connectivity index (χ3n) is 3.91. The molecule has 0 unspecified atom stereocenters. The van der Waals surface area contributed by atoms with Crippen molar-refractivity contribution in [1.29, 1.82) is 0 Å². The Balaban J connectivity index is 1.70. The summed E-state index contributed by atoms with van der Waals surface area (Å²) < 4.78 is 6.57. The maximum absolute atomic E-state index is 12.3. The van der Waals surface area contributed by atoms with Gasteiger partial charge in [-0.25, -0.2) is 4.98 Å². The Hall–Kier alpha value is -3.41. The molecule has 0 saturated heterocycles. The fourth-order valence-corrected chi connectivity index (χ4v) is 2.56. The second-order valence-electron chi connectivity index (χ2n) is 5.70. The molecule has 0 aliphatic carbocycles. The van der Waals surface area contributed by atoms with Gasteiger partial charge in [-0.1, -0.05) is 42.5 Å². The number of ether oxygens (including phenoxy) is 1. The molecule has 0 radical (unpaired) electrons. The normalized spacial score (nSPS) is 10.3. The highest BCUT2D eigenvalue weighted by atomic mass is 16.5. The predicted octanol–water partition coefficient (Wildman–Crippen LogP) is 2.24. The van der Waals surface area contributed by atoms with Gasteiger partial charge in [-0.15, -0.1) is 0 Å². The molecule has 6 heteroatoms. The molecular weight excluding hydrogens is 330 g/mol. The SMILES string of the molecule is COc1ccccc1-c1cc(=O)n(CC(=O)NCc2ccccc2)cn1. The van der Waals surface area contributed by atoms with Gasteiger partial charge in [-0.3, -0.25) is 14.2 Å². The lowest BCUT2D eigenvalue weighted by atomic mass is 10.1. The lowest BCUT2D eigenvalue weighted by Crippen LogP contribution is -2.31. The van der Waals surface area contributed by atoms with Crippen LogP contribution in [0.5, 0.6) is 5.75 Å². The first kappa shape index (κ1) is 17.4. The monoisotopic (exact) mass is 349 g/mol. The Morgan fingerprint density at radius 1 is 1.12 bits per heavy atom. The fraction of sp³-hybridized carbons (Fsp3) is 0.150. The molecule has 1 heterocycles. The van der Waals surface area contributed by atoms with Gasteiger partial charge in [0.05, 0.1) is 19.1 Å². The van der Waals surface area contributed by atoms with E-state index in [0.717, 1.165) is 11.1 Å². The van der Waals surface area contributed by atoms with Gasteiger partial charge in [0.1, 0.15) is 12.3 Å². The highest BCUT2D eigenvalue weighted by Crippen LogP contribution is 2.26. The molecule has 26 heavy (non-hydrogen) atoms. The first-order chi connectivity index (χ1) is 12.7. The summed E-state index contributed by atoms with van der Waals surface area (Å²) in [4.78, 5) is 28.7. The van der Waals surface area contributed by atoms with E-state index < -0.39 is 0 Å². The van der Waals surface area contributed by atoms with Crippen LogP contribution in [0.3, 0.4) is 0 Å². The number of carbonyl (C=O) groups is 1. The third kappa shape index (κ3) is 4.16. The largest absolute Gasteiger partial charge is 0.496 e. The van der Waals surface area contributed by atoms with Gasteiger partial charge in [0, 0.05) is 18.2 Å². The first-order valence-corrected chi connectivity index (χ1v) is 8.18. The fourth-order valence-electron chi connectivity index (χ4n) is 2.56. The summed E-state index contributed by atoms with van der Waals surface area (Å²) in [5.41, 5.74) is 1.94. The zero-order chi connectivity index (χ0) is 18.4. The van der Waals surface area contributed by atoms with E-state index in [2.05, 4.69) is 10.3 Å². The van der Waals surface area contributed by atoms with E-state index in [9.17, 15) is 9.59 Å². The molecule has 3 aromatic rings. The summed E-state index contributed by atoms with van der Waals surface area (Å²) in [6, 6.07) is 18.3. The molecule has 0 aliphatic heterocycles. The van der Waals surface area contributed by atoms with Crippen LogP contribution in [-0.2, 0) is 17.9 Å². The van der Waals surface area contributed by atoms with Gasteiger partial charge in [0.25, 0.3) is 5.56 Å². The van der Waals surface area contributed by atoms with Gasteiger partial charge >= 0.3 is 0 Å². The number of rotatable bonds is 6. The van der Waals surface area contributed by atoms with Crippen molar-refractivity contribution in [1.82, 2.24) is 14.9 Å². The molecule has 0 saturated carbocycles. The van der Waals surface area contributed by atoms with Crippen molar-refractivity contribution in [2.45, 2.75) is 13.1 Å². The van der Waals surface area contributed by atoms with E-state index in [0.29, 0.717) is 18.0 Å². The number of aromatic nitrogens is 2. The minimum absolute atomic E-state index is 0.0785. The van der Waals surface area contributed by atoms with Gasteiger partial charge in [-0.2, -0.15) is 0 Å². The molecular formula is C20H19N3O3. The number of benzene rings is 2. The predicted molar refractivity (Wildman–Crippen MR) is 98.8 cm³/mol. The van der Waals surface area contributed by atoms with Crippen LogP contribution in [-0.4, -0.2) is 22.6 Å². The number of hydrogen-bond donors (Lipinski definition) is 1. The van der Waals surface area contributed by atoms with Crippen LogP contribution in [0.1, 0.15) is 5.56 Å². The van der Waals surface area contributed by atoms with E-state index in [1.807, 2.05) is 48.5 Å². The number of para-hydroxylation sites is 1. The van der Waals surface area contributed by atoms with Crippen LogP contribution in [0, 0.1) is 0 Å². The Morgan fingerprint density at radius 3 is 2.58 bits per heavy atom. The number of nitrogens with one attached hydrogen (secondary N) is 1. The van der Waals surface area contributed by atoms with Gasteiger partial charge in [0.2, 0.25) is 5.91 Å². The summed E-state index contributed by atoms with van der Waals surface area (Å²) >= 11 is 0. The topological polar surface area (TPSA) is 73.2 Å². The first-order valence-electron chi connectivity index (χ1n) is 8.18. The Kier molecular flexibility index (Phi) is 5.43. The Bertz CT molecular complexity index is 952. The average Bonchev–Trinajstić information content (AvgIpc) is 2.68. The molecule has 0 bridgehead atoms.